The summed E-state index contributed by atoms with van der Waals surface area (Å²) in [6, 6.07) is 10.6. The van der Waals surface area contributed by atoms with E-state index >= 15 is 0 Å². The number of nitrogens with zero attached hydrogens (tertiary/aromatic N) is 3. The fraction of sp³-hybridized carbons (Fsp3) is 0.500. The SMILES string of the molecule is Cc1cc(F)ccc1[C@H]1C[C@H](N2CCN3C(=O)CC[C@@H]3C2)CCN1C(=O)NCCc1cc(Cl)cc(Cl)c1. The van der Waals surface area contributed by atoms with Gasteiger partial charge in [0, 0.05) is 61.3 Å². The van der Waals surface area contributed by atoms with E-state index < -0.39 is 0 Å². The molecule has 0 saturated carbocycles. The summed E-state index contributed by atoms with van der Waals surface area (Å²) in [6.07, 6.45) is 3.84. The molecule has 3 saturated heterocycles. The summed E-state index contributed by atoms with van der Waals surface area (Å²) in [7, 11) is 0. The summed E-state index contributed by atoms with van der Waals surface area (Å²) in [5.41, 5.74) is 2.80. The molecule has 9 heteroatoms. The second-order valence-corrected chi connectivity index (χ2v) is 11.3. The summed E-state index contributed by atoms with van der Waals surface area (Å²) in [5.74, 6) is 0.00261. The van der Waals surface area contributed by atoms with E-state index in [-0.39, 0.29) is 23.8 Å². The lowest BCUT2D eigenvalue weighted by atomic mass is 9.88. The number of nitrogens with one attached hydrogen (secondary N) is 1. The Labute approximate surface area is 227 Å². The van der Waals surface area contributed by atoms with Crippen molar-refractivity contribution in [3.8, 4) is 0 Å². The molecule has 0 unspecified atom stereocenters. The zero-order valence-electron chi connectivity index (χ0n) is 21.1. The molecule has 198 valence electrons. The predicted molar refractivity (Wildman–Crippen MR) is 143 cm³/mol. The van der Waals surface area contributed by atoms with E-state index in [2.05, 4.69) is 10.2 Å². The van der Waals surface area contributed by atoms with Gasteiger partial charge >= 0.3 is 6.03 Å². The molecule has 2 aromatic carbocycles. The first-order valence-corrected chi connectivity index (χ1v) is 13.8. The number of rotatable bonds is 5. The van der Waals surface area contributed by atoms with Crippen LogP contribution in [0.3, 0.4) is 0 Å². The van der Waals surface area contributed by atoms with Crippen molar-refractivity contribution in [1.82, 2.24) is 20.0 Å². The zero-order valence-corrected chi connectivity index (χ0v) is 22.6. The van der Waals surface area contributed by atoms with E-state index in [4.69, 9.17) is 23.2 Å². The van der Waals surface area contributed by atoms with Crippen LogP contribution in [0.4, 0.5) is 9.18 Å². The number of halogens is 3. The number of benzene rings is 2. The van der Waals surface area contributed by atoms with Crippen molar-refractivity contribution in [3.05, 3.63) is 69.0 Å². The van der Waals surface area contributed by atoms with Crippen LogP contribution in [0.5, 0.6) is 0 Å². The van der Waals surface area contributed by atoms with Gasteiger partial charge in [-0.05, 0) is 79.6 Å². The molecule has 3 amide bonds. The monoisotopic (exact) mass is 546 g/mol. The van der Waals surface area contributed by atoms with Crippen molar-refractivity contribution < 1.29 is 14.0 Å². The molecule has 1 N–H and O–H groups in total. The number of urea groups is 1. The molecule has 0 aromatic heterocycles. The lowest BCUT2D eigenvalue weighted by molar-refractivity contribution is -0.131. The van der Waals surface area contributed by atoms with Gasteiger partial charge in [0.05, 0.1) is 6.04 Å². The first kappa shape index (κ1) is 26.3. The van der Waals surface area contributed by atoms with Gasteiger partial charge in [-0.15, -0.1) is 0 Å². The summed E-state index contributed by atoms with van der Waals surface area (Å²) in [6.45, 7) is 5.51. The number of carbonyl (C=O) groups is 2. The molecule has 3 aliphatic rings. The van der Waals surface area contributed by atoms with Crippen LogP contribution in [0.1, 0.15) is 48.4 Å². The van der Waals surface area contributed by atoms with Gasteiger partial charge in [-0.2, -0.15) is 0 Å². The Balaban J connectivity index is 1.28. The van der Waals surface area contributed by atoms with Crippen molar-refractivity contribution >= 4 is 35.1 Å². The van der Waals surface area contributed by atoms with Crippen LogP contribution in [0, 0.1) is 12.7 Å². The quantitative estimate of drug-likeness (QED) is 0.560. The van der Waals surface area contributed by atoms with Gasteiger partial charge in [0.15, 0.2) is 0 Å². The molecule has 6 nitrogen and oxygen atoms in total. The third-order valence-corrected chi connectivity index (χ3v) is 8.52. The van der Waals surface area contributed by atoms with Crippen LogP contribution in [0.25, 0.3) is 0 Å². The van der Waals surface area contributed by atoms with Gasteiger partial charge in [0.2, 0.25) is 5.91 Å². The number of hydrogen-bond acceptors (Lipinski definition) is 3. The zero-order chi connectivity index (χ0) is 26.1. The Morgan fingerprint density at radius 1 is 1.05 bits per heavy atom. The van der Waals surface area contributed by atoms with Crippen LogP contribution >= 0.6 is 23.2 Å². The number of aryl methyl sites for hydroxylation is 1. The molecule has 3 aliphatic heterocycles. The standard InChI is InChI=1S/C28H33Cl2FN4O2/c1-18-12-22(31)2-4-25(18)26-16-23(33-10-11-34-24(17-33)3-5-27(34)36)7-9-35(26)28(37)32-8-6-19-13-20(29)15-21(30)14-19/h2,4,12-15,23-24,26H,3,5-11,16-17H2,1H3,(H,32,37)/t23-,24-,26-/m1/s1. The Bertz CT molecular complexity index is 1160. The number of piperidine rings is 1. The van der Waals surface area contributed by atoms with E-state index in [0.717, 1.165) is 55.6 Å². The van der Waals surface area contributed by atoms with E-state index in [0.29, 0.717) is 48.1 Å². The average molecular weight is 548 g/mol. The van der Waals surface area contributed by atoms with Crippen molar-refractivity contribution in [2.75, 3.05) is 32.7 Å². The molecule has 3 fully saturated rings. The Kier molecular flexibility index (Phi) is 7.93. The highest BCUT2D eigenvalue weighted by atomic mass is 35.5. The van der Waals surface area contributed by atoms with Crippen LogP contribution in [0.15, 0.2) is 36.4 Å². The second kappa shape index (κ2) is 11.2. The first-order chi connectivity index (χ1) is 17.8. The van der Waals surface area contributed by atoms with Gasteiger partial charge in [-0.25, -0.2) is 9.18 Å². The van der Waals surface area contributed by atoms with Crippen molar-refractivity contribution in [2.24, 2.45) is 0 Å². The second-order valence-electron chi connectivity index (χ2n) is 10.4. The largest absolute Gasteiger partial charge is 0.338 e. The highest BCUT2D eigenvalue weighted by molar-refractivity contribution is 6.34. The van der Waals surface area contributed by atoms with Crippen LogP contribution in [-0.4, -0.2) is 71.4 Å². The minimum Gasteiger partial charge on any atom is -0.338 e. The normalized spacial score (nSPS) is 24.3. The third-order valence-electron chi connectivity index (χ3n) is 8.08. The number of piperazine rings is 1. The molecule has 5 rings (SSSR count). The molecule has 2 aromatic rings. The van der Waals surface area contributed by atoms with E-state index in [1.807, 2.05) is 34.9 Å². The molecule has 0 spiro atoms. The molecule has 3 heterocycles. The van der Waals surface area contributed by atoms with Gasteiger partial charge < -0.3 is 15.1 Å². The Hall–Kier alpha value is -2.35. The minimum atomic E-state index is -0.271. The van der Waals surface area contributed by atoms with Gasteiger partial charge in [0.25, 0.3) is 0 Å². The number of carbonyl (C=O) groups excluding carboxylic acids is 2. The van der Waals surface area contributed by atoms with Gasteiger partial charge in [-0.3, -0.25) is 9.69 Å². The Morgan fingerprint density at radius 3 is 2.59 bits per heavy atom. The molecule has 0 bridgehead atoms. The maximum absolute atomic E-state index is 13.9. The number of hydrogen-bond donors (Lipinski definition) is 1. The van der Waals surface area contributed by atoms with E-state index in [9.17, 15) is 14.0 Å². The predicted octanol–water partition coefficient (Wildman–Crippen LogP) is 5.21. The molecule has 0 aliphatic carbocycles. The first-order valence-electron chi connectivity index (χ1n) is 13.1. The lowest BCUT2D eigenvalue weighted by Crippen LogP contribution is -2.57. The number of likely N-dealkylation sites (tertiary alicyclic amines) is 1. The summed E-state index contributed by atoms with van der Waals surface area (Å²) < 4.78 is 13.9. The van der Waals surface area contributed by atoms with E-state index in [1.165, 1.54) is 6.07 Å². The molecule has 0 radical (unpaired) electrons. The molecular formula is C28H33Cl2FN4O2. The fourth-order valence-electron chi connectivity index (χ4n) is 6.22. The van der Waals surface area contributed by atoms with Crippen LogP contribution in [0.2, 0.25) is 10.0 Å². The topological polar surface area (TPSA) is 55.9 Å². The van der Waals surface area contributed by atoms with Gasteiger partial charge in [-0.1, -0.05) is 29.3 Å². The van der Waals surface area contributed by atoms with Crippen LogP contribution < -0.4 is 5.32 Å². The Morgan fingerprint density at radius 2 is 1.84 bits per heavy atom. The van der Waals surface area contributed by atoms with Gasteiger partial charge in [0.1, 0.15) is 5.82 Å². The van der Waals surface area contributed by atoms with Crippen molar-refractivity contribution in [3.63, 3.8) is 0 Å². The molecule has 3 atom stereocenters. The summed E-state index contributed by atoms with van der Waals surface area (Å²) in [5, 5.41) is 4.22. The number of fused-ring (bicyclic) bond motifs is 1. The average Bonchev–Trinajstić information content (AvgIpc) is 3.23. The third kappa shape index (κ3) is 5.89. The highest BCUT2D eigenvalue weighted by Crippen LogP contribution is 2.36. The molecule has 37 heavy (non-hydrogen) atoms. The summed E-state index contributed by atoms with van der Waals surface area (Å²) in [4.78, 5) is 32.0. The maximum Gasteiger partial charge on any atom is 0.317 e. The lowest BCUT2D eigenvalue weighted by Gasteiger charge is -2.47. The smallest absolute Gasteiger partial charge is 0.317 e. The summed E-state index contributed by atoms with van der Waals surface area (Å²) >= 11 is 12.2. The van der Waals surface area contributed by atoms with Crippen molar-refractivity contribution in [1.29, 1.82) is 0 Å². The highest BCUT2D eigenvalue weighted by Gasteiger charge is 2.41. The number of amides is 3. The van der Waals surface area contributed by atoms with Crippen LogP contribution in [-0.2, 0) is 11.2 Å². The maximum atomic E-state index is 13.9. The minimum absolute atomic E-state index is 0.119. The van der Waals surface area contributed by atoms with E-state index in [1.54, 1.807) is 12.1 Å². The fourth-order valence-corrected chi connectivity index (χ4v) is 6.79. The van der Waals surface area contributed by atoms with Crippen molar-refractivity contribution in [2.45, 2.75) is 57.2 Å². The molecular weight excluding hydrogens is 514 g/mol.